The fourth-order valence-corrected chi connectivity index (χ4v) is 14.6. The van der Waals surface area contributed by atoms with Crippen LogP contribution in [0.4, 0.5) is 0 Å². The van der Waals surface area contributed by atoms with E-state index in [4.69, 9.17) is 0 Å². The molecule has 10 nitrogen and oxygen atoms in total. The van der Waals surface area contributed by atoms with Crippen molar-refractivity contribution >= 4 is 23.7 Å². The Balaban J connectivity index is 0.983. The summed E-state index contributed by atoms with van der Waals surface area (Å²) in [4.78, 5) is 51.8. The number of carboxylic acid groups (broad SMARTS) is 1. The molecule has 0 heterocycles. The number of amides is 3. The molecular weight excluding hydrogens is 767 g/mol. The molecular formula is C51H71N3O7. The summed E-state index contributed by atoms with van der Waals surface area (Å²) in [5.41, 5.74) is 3.73. The highest BCUT2D eigenvalue weighted by atomic mass is 16.4. The molecule has 5 aliphatic rings. The van der Waals surface area contributed by atoms with Crippen LogP contribution in [0.15, 0.2) is 60.7 Å². The summed E-state index contributed by atoms with van der Waals surface area (Å²) >= 11 is 0. The molecule has 5 aliphatic carbocycles. The zero-order valence-electron chi connectivity index (χ0n) is 37.6. The molecule has 0 aliphatic heterocycles. The van der Waals surface area contributed by atoms with Gasteiger partial charge in [-0.25, -0.2) is 4.79 Å². The van der Waals surface area contributed by atoms with Gasteiger partial charge in [-0.2, -0.15) is 0 Å². The van der Waals surface area contributed by atoms with E-state index in [0.717, 1.165) is 56.1 Å². The van der Waals surface area contributed by atoms with Crippen LogP contribution in [0.5, 0.6) is 0 Å². The second kappa shape index (κ2) is 16.6. The smallest absolute Gasteiger partial charge is 0.328 e. The first kappa shape index (κ1) is 45.0. The SMILES string of the molecule is C=C(C)[C@@H]1CC[C@]2(C(=O)NCCc3cccc(C(=O)NCc4ccc(C(=O)N[C@@H](C(=O)O)[C@H](C)O)cc4)c3)CC[C@]3(C)C(CCC4[C@@]5(C)CC[C@H](O)C(C)(C)C5CC[C@]43C)C12. The monoisotopic (exact) mass is 838 g/mol. The molecule has 6 N–H and O–H groups in total. The largest absolute Gasteiger partial charge is 0.480 e. The minimum atomic E-state index is -1.42. The Morgan fingerprint density at radius 3 is 2.18 bits per heavy atom. The van der Waals surface area contributed by atoms with Crippen LogP contribution in [0.3, 0.4) is 0 Å². The summed E-state index contributed by atoms with van der Waals surface area (Å²) < 4.78 is 0. The Hall–Kier alpha value is -4.02. The molecule has 0 spiro atoms. The van der Waals surface area contributed by atoms with Gasteiger partial charge in [0.1, 0.15) is 0 Å². The van der Waals surface area contributed by atoms with Crippen LogP contribution in [0.2, 0.25) is 0 Å². The van der Waals surface area contributed by atoms with Gasteiger partial charge < -0.3 is 31.3 Å². The lowest BCUT2D eigenvalue weighted by Crippen LogP contribution is -2.67. The van der Waals surface area contributed by atoms with Crippen molar-refractivity contribution < 1.29 is 34.5 Å². The van der Waals surface area contributed by atoms with E-state index in [0.29, 0.717) is 42.2 Å². The third-order valence-corrected chi connectivity index (χ3v) is 18.1. The zero-order chi connectivity index (χ0) is 44.3. The highest BCUT2D eigenvalue weighted by Gasteiger charge is 2.71. The van der Waals surface area contributed by atoms with Crippen LogP contribution in [0, 0.1) is 56.7 Å². The van der Waals surface area contributed by atoms with Crippen molar-refractivity contribution in [3.63, 3.8) is 0 Å². The second-order valence-corrected chi connectivity index (χ2v) is 21.3. The molecule has 5 fully saturated rings. The average molecular weight is 838 g/mol. The molecule has 0 saturated heterocycles. The van der Waals surface area contributed by atoms with Gasteiger partial charge in [0.05, 0.1) is 17.6 Å². The van der Waals surface area contributed by atoms with Crippen LogP contribution in [0.25, 0.3) is 0 Å². The predicted molar refractivity (Wildman–Crippen MR) is 236 cm³/mol. The quantitative estimate of drug-likeness (QED) is 0.119. The van der Waals surface area contributed by atoms with E-state index in [-0.39, 0.29) is 57.6 Å². The number of carbonyl (C=O) groups is 4. The van der Waals surface area contributed by atoms with E-state index in [1.54, 1.807) is 30.3 Å². The molecule has 2 aromatic carbocycles. The van der Waals surface area contributed by atoms with Crippen LogP contribution in [0.1, 0.15) is 145 Å². The van der Waals surface area contributed by atoms with Gasteiger partial charge >= 0.3 is 5.97 Å². The van der Waals surface area contributed by atoms with Gasteiger partial charge in [0.15, 0.2) is 6.04 Å². The molecule has 5 saturated carbocycles. The van der Waals surface area contributed by atoms with Crippen molar-refractivity contribution in [1.29, 1.82) is 0 Å². The second-order valence-electron chi connectivity index (χ2n) is 21.3. The molecule has 2 aromatic rings. The summed E-state index contributed by atoms with van der Waals surface area (Å²) in [5, 5.41) is 38.8. The maximum Gasteiger partial charge on any atom is 0.328 e. The minimum Gasteiger partial charge on any atom is -0.480 e. The number of rotatable bonds is 12. The molecule has 12 atom stereocenters. The summed E-state index contributed by atoms with van der Waals surface area (Å²) in [5.74, 6) is 0.210. The summed E-state index contributed by atoms with van der Waals surface area (Å²) in [6.45, 7) is 21.1. The van der Waals surface area contributed by atoms with E-state index < -0.39 is 29.4 Å². The molecule has 3 amide bonds. The highest BCUT2D eigenvalue weighted by Crippen LogP contribution is 2.77. The van der Waals surface area contributed by atoms with Crippen LogP contribution in [-0.2, 0) is 22.6 Å². The summed E-state index contributed by atoms with van der Waals surface area (Å²) in [7, 11) is 0. The molecule has 0 radical (unpaired) electrons. The van der Waals surface area contributed by atoms with E-state index in [1.807, 2.05) is 18.2 Å². The summed E-state index contributed by atoms with van der Waals surface area (Å²) in [6, 6.07) is 12.5. The number of aliphatic hydroxyl groups is 2. The number of hydrogen-bond acceptors (Lipinski definition) is 6. The topological polar surface area (TPSA) is 165 Å². The molecule has 332 valence electrons. The van der Waals surface area contributed by atoms with Crippen molar-refractivity contribution in [2.75, 3.05) is 6.54 Å². The lowest BCUT2D eigenvalue weighted by molar-refractivity contribution is -0.246. The molecule has 10 heteroatoms. The van der Waals surface area contributed by atoms with Gasteiger partial charge in [0.25, 0.3) is 11.8 Å². The van der Waals surface area contributed by atoms with Crippen LogP contribution >= 0.6 is 0 Å². The van der Waals surface area contributed by atoms with Crippen molar-refractivity contribution in [1.82, 2.24) is 16.0 Å². The van der Waals surface area contributed by atoms with Crippen molar-refractivity contribution in [3.8, 4) is 0 Å². The standard InChI is InChI=1S/C51H71N3O7/c1-30(2)36-18-24-51(26-25-49(7)37(41(36)51)16-17-39-48(6)22-20-40(56)47(4,5)38(48)19-23-50(39,49)8)46(61)52-27-21-32-10-9-11-35(28-32)43(57)53-29-33-12-14-34(15-13-33)44(58)54-42(31(3)55)45(59)60/h9-15,28,31,36-42,55-56H,1,16-27,29H2,2-8H3,(H,52,61)(H,53,57)(H,54,58)(H,59,60)/t31-,36-,37?,38?,39?,40-,41?,42+,48-,49+,50+,51-/m0/s1. The van der Waals surface area contributed by atoms with Crippen molar-refractivity contribution in [3.05, 3.63) is 82.9 Å². The van der Waals surface area contributed by atoms with E-state index in [9.17, 15) is 34.5 Å². The van der Waals surface area contributed by atoms with Crippen LogP contribution in [-0.4, -0.2) is 63.8 Å². The number of carbonyl (C=O) groups excluding carboxylic acids is 3. The first-order chi connectivity index (χ1) is 28.7. The van der Waals surface area contributed by atoms with Gasteiger partial charge in [0, 0.05) is 24.2 Å². The zero-order valence-corrected chi connectivity index (χ0v) is 37.6. The van der Waals surface area contributed by atoms with Gasteiger partial charge in [-0.15, -0.1) is 0 Å². The Bertz CT molecular complexity index is 2030. The number of aliphatic hydroxyl groups excluding tert-OH is 2. The molecule has 7 rings (SSSR count). The number of aliphatic carboxylic acids is 1. The first-order valence-electron chi connectivity index (χ1n) is 23.0. The van der Waals surface area contributed by atoms with Crippen molar-refractivity contribution in [2.24, 2.45) is 56.7 Å². The van der Waals surface area contributed by atoms with E-state index in [2.05, 4.69) is 64.1 Å². The molecule has 61 heavy (non-hydrogen) atoms. The number of nitrogens with one attached hydrogen (secondary N) is 3. The molecule has 0 bridgehead atoms. The van der Waals surface area contributed by atoms with E-state index >= 15 is 0 Å². The Morgan fingerprint density at radius 2 is 1.51 bits per heavy atom. The van der Waals surface area contributed by atoms with Gasteiger partial charge in [-0.3, -0.25) is 14.4 Å². The maximum absolute atomic E-state index is 14.7. The van der Waals surface area contributed by atoms with Crippen molar-refractivity contribution in [2.45, 2.75) is 144 Å². The molecule has 0 aromatic heterocycles. The Labute approximate surface area is 363 Å². The first-order valence-corrected chi connectivity index (χ1v) is 23.0. The summed E-state index contributed by atoms with van der Waals surface area (Å²) in [6.07, 6.45) is 9.71. The minimum absolute atomic E-state index is 0.0757. The van der Waals surface area contributed by atoms with Gasteiger partial charge in [-0.1, -0.05) is 71.0 Å². The van der Waals surface area contributed by atoms with Crippen LogP contribution < -0.4 is 16.0 Å². The normalized spacial score (nSPS) is 35.8. The van der Waals surface area contributed by atoms with Gasteiger partial charge in [-0.05, 0) is 171 Å². The lowest BCUT2D eigenvalue weighted by atomic mass is 9.32. The predicted octanol–water partition coefficient (Wildman–Crippen LogP) is 7.86. The number of allylic oxidation sites excluding steroid dienone is 1. The average Bonchev–Trinajstić information content (AvgIpc) is 3.62. The number of hydrogen-bond donors (Lipinski definition) is 6. The fourth-order valence-electron chi connectivity index (χ4n) is 14.6. The Morgan fingerprint density at radius 1 is 0.787 bits per heavy atom. The highest BCUT2D eigenvalue weighted by molar-refractivity contribution is 5.97. The lowest BCUT2D eigenvalue weighted by Gasteiger charge is -2.72. The third kappa shape index (κ3) is 7.65. The van der Waals surface area contributed by atoms with E-state index in [1.165, 1.54) is 31.8 Å². The Kier molecular flexibility index (Phi) is 12.2. The molecule has 4 unspecified atom stereocenters. The number of fused-ring (bicyclic) bond motifs is 7. The fraction of sp³-hybridized carbons (Fsp3) is 0.647. The maximum atomic E-state index is 14.7. The number of benzene rings is 2. The number of carboxylic acids is 1. The third-order valence-electron chi connectivity index (χ3n) is 18.1. The van der Waals surface area contributed by atoms with Gasteiger partial charge in [0.2, 0.25) is 5.91 Å².